The lowest BCUT2D eigenvalue weighted by molar-refractivity contribution is -0.115. The third kappa shape index (κ3) is 3.71. The Morgan fingerprint density at radius 1 is 1.46 bits per heavy atom. The van der Waals surface area contributed by atoms with Crippen molar-refractivity contribution in [2.45, 2.75) is 23.9 Å². The summed E-state index contributed by atoms with van der Waals surface area (Å²) in [7, 11) is 0. The molecular formula is C18H16FN3O2S2. The number of rotatable bonds is 6. The molecule has 0 radical (unpaired) electrons. The van der Waals surface area contributed by atoms with Gasteiger partial charge in [0.2, 0.25) is 5.91 Å². The third-order valence-corrected chi connectivity index (χ3v) is 5.54. The predicted octanol–water partition coefficient (Wildman–Crippen LogP) is 3.90. The van der Waals surface area contributed by atoms with Gasteiger partial charge < -0.3 is 5.32 Å². The Kier molecular flexibility index (Phi) is 5.53. The first-order valence-electron chi connectivity index (χ1n) is 7.82. The molecule has 3 aromatic rings. The van der Waals surface area contributed by atoms with Crippen LogP contribution in [0.3, 0.4) is 0 Å². The molecule has 0 saturated heterocycles. The SMILES string of the molecule is C=CCn1c(SC(C)C(=O)Nc2ccccc2F)nc2sccc2c1=O. The largest absolute Gasteiger partial charge is 0.323 e. The summed E-state index contributed by atoms with van der Waals surface area (Å²) in [5, 5.41) is 4.77. The standard InChI is InChI=1S/C18H16FN3O2S2/c1-3-9-22-17(24)12-8-10-25-16(12)21-18(22)26-11(2)15(23)20-14-7-5-4-6-13(14)19/h3-8,10-11H,1,9H2,2H3,(H,20,23). The Balaban J connectivity index is 1.86. The van der Waals surface area contributed by atoms with Crippen molar-refractivity contribution in [2.75, 3.05) is 5.32 Å². The average molecular weight is 389 g/mol. The normalized spacial score (nSPS) is 12.1. The molecule has 26 heavy (non-hydrogen) atoms. The number of allylic oxidation sites excluding steroid dienone is 1. The summed E-state index contributed by atoms with van der Waals surface area (Å²) < 4.78 is 15.2. The molecule has 0 bridgehead atoms. The summed E-state index contributed by atoms with van der Waals surface area (Å²) in [5.41, 5.74) is -0.0459. The molecule has 0 saturated carbocycles. The molecule has 0 aliphatic carbocycles. The van der Waals surface area contributed by atoms with E-state index >= 15 is 0 Å². The zero-order valence-corrected chi connectivity index (χ0v) is 15.6. The molecule has 1 aromatic carbocycles. The number of anilines is 1. The Labute approximate surface area is 157 Å². The average Bonchev–Trinajstić information content (AvgIpc) is 3.09. The number of fused-ring (bicyclic) bond motifs is 1. The van der Waals surface area contributed by atoms with E-state index in [0.29, 0.717) is 21.9 Å². The number of para-hydroxylation sites is 1. The number of benzene rings is 1. The van der Waals surface area contributed by atoms with Crippen LogP contribution in [0, 0.1) is 5.82 Å². The van der Waals surface area contributed by atoms with Gasteiger partial charge in [0.05, 0.1) is 16.3 Å². The number of hydrogen-bond donors (Lipinski definition) is 1. The molecule has 1 unspecified atom stereocenters. The van der Waals surface area contributed by atoms with E-state index in [1.54, 1.807) is 36.6 Å². The topological polar surface area (TPSA) is 64.0 Å². The highest BCUT2D eigenvalue weighted by molar-refractivity contribution is 8.00. The second-order valence-electron chi connectivity index (χ2n) is 5.47. The Morgan fingerprint density at radius 2 is 2.23 bits per heavy atom. The summed E-state index contributed by atoms with van der Waals surface area (Å²) in [6.07, 6.45) is 1.61. The lowest BCUT2D eigenvalue weighted by Gasteiger charge is -2.15. The predicted molar refractivity (Wildman–Crippen MR) is 104 cm³/mol. The highest BCUT2D eigenvalue weighted by Gasteiger charge is 2.20. The fraction of sp³-hybridized carbons (Fsp3) is 0.167. The Bertz CT molecular complexity index is 1030. The fourth-order valence-corrected chi connectivity index (χ4v) is 4.04. The van der Waals surface area contributed by atoms with Gasteiger partial charge in [-0.15, -0.1) is 17.9 Å². The van der Waals surface area contributed by atoms with E-state index in [2.05, 4.69) is 16.9 Å². The number of hydrogen-bond acceptors (Lipinski definition) is 5. The first-order valence-corrected chi connectivity index (χ1v) is 9.58. The minimum absolute atomic E-state index is 0.120. The van der Waals surface area contributed by atoms with Crippen LogP contribution >= 0.6 is 23.1 Å². The van der Waals surface area contributed by atoms with Crippen LogP contribution < -0.4 is 10.9 Å². The van der Waals surface area contributed by atoms with Crippen LogP contribution in [0.15, 0.2) is 58.3 Å². The van der Waals surface area contributed by atoms with E-state index in [4.69, 9.17) is 0 Å². The molecule has 1 atom stereocenters. The summed E-state index contributed by atoms with van der Waals surface area (Å²) >= 11 is 2.52. The zero-order chi connectivity index (χ0) is 18.7. The molecule has 0 fully saturated rings. The van der Waals surface area contributed by atoms with Crippen LogP contribution in [0.1, 0.15) is 6.92 Å². The van der Waals surface area contributed by atoms with Crippen LogP contribution in [0.2, 0.25) is 0 Å². The Morgan fingerprint density at radius 3 is 2.96 bits per heavy atom. The number of aromatic nitrogens is 2. The van der Waals surface area contributed by atoms with E-state index < -0.39 is 11.1 Å². The number of thiophene rings is 1. The van der Waals surface area contributed by atoms with Crippen LogP contribution in [-0.2, 0) is 11.3 Å². The smallest absolute Gasteiger partial charge is 0.263 e. The maximum Gasteiger partial charge on any atom is 0.263 e. The maximum absolute atomic E-state index is 13.7. The van der Waals surface area contributed by atoms with Crippen molar-refractivity contribution in [3.8, 4) is 0 Å². The van der Waals surface area contributed by atoms with E-state index in [1.165, 1.54) is 28.0 Å². The first-order chi connectivity index (χ1) is 12.5. The van der Waals surface area contributed by atoms with Gasteiger partial charge in [0.1, 0.15) is 10.6 Å². The summed E-state index contributed by atoms with van der Waals surface area (Å²) in [6, 6.07) is 7.70. The van der Waals surface area contributed by atoms with Gasteiger partial charge >= 0.3 is 0 Å². The molecular weight excluding hydrogens is 373 g/mol. The van der Waals surface area contributed by atoms with Crippen molar-refractivity contribution in [1.29, 1.82) is 0 Å². The highest BCUT2D eigenvalue weighted by atomic mass is 32.2. The van der Waals surface area contributed by atoms with Crippen molar-refractivity contribution >= 4 is 44.9 Å². The molecule has 3 rings (SSSR count). The van der Waals surface area contributed by atoms with E-state index in [9.17, 15) is 14.0 Å². The van der Waals surface area contributed by atoms with Crippen LogP contribution in [0.5, 0.6) is 0 Å². The van der Waals surface area contributed by atoms with Crippen molar-refractivity contribution < 1.29 is 9.18 Å². The molecule has 2 aromatic heterocycles. The van der Waals surface area contributed by atoms with Crippen molar-refractivity contribution in [2.24, 2.45) is 0 Å². The minimum atomic E-state index is -0.574. The Hall–Kier alpha value is -2.45. The summed E-state index contributed by atoms with van der Waals surface area (Å²) in [5.74, 6) is -0.870. The quantitative estimate of drug-likeness (QED) is 0.394. The lowest BCUT2D eigenvalue weighted by Crippen LogP contribution is -2.26. The third-order valence-electron chi connectivity index (χ3n) is 3.64. The summed E-state index contributed by atoms with van der Waals surface area (Å²) in [4.78, 5) is 30.1. The van der Waals surface area contributed by atoms with Gasteiger partial charge in [-0.3, -0.25) is 14.2 Å². The number of carbonyl (C=O) groups excluding carboxylic acids is 1. The molecule has 5 nitrogen and oxygen atoms in total. The summed E-state index contributed by atoms with van der Waals surface area (Å²) in [6.45, 7) is 5.65. The first kappa shape index (κ1) is 18.3. The number of amides is 1. The molecule has 0 spiro atoms. The van der Waals surface area contributed by atoms with Gasteiger partial charge in [-0.25, -0.2) is 9.37 Å². The van der Waals surface area contributed by atoms with Gasteiger partial charge in [-0.2, -0.15) is 0 Å². The van der Waals surface area contributed by atoms with Gasteiger partial charge in [-0.1, -0.05) is 30.0 Å². The zero-order valence-electron chi connectivity index (χ0n) is 13.9. The number of nitrogens with one attached hydrogen (secondary N) is 1. The number of nitrogens with zero attached hydrogens (tertiary/aromatic N) is 2. The maximum atomic E-state index is 13.7. The van der Waals surface area contributed by atoms with Gasteiger partial charge in [0.15, 0.2) is 5.16 Å². The van der Waals surface area contributed by atoms with Crippen molar-refractivity contribution in [1.82, 2.24) is 9.55 Å². The van der Waals surface area contributed by atoms with Crippen molar-refractivity contribution in [3.63, 3.8) is 0 Å². The van der Waals surface area contributed by atoms with Gasteiger partial charge in [0.25, 0.3) is 5.56 Å². The monoisotopic (exact) mass is 389 g/mol. The van der Waals surface area contributed by atoms with Crippen LogP contribution in [0.4, 0.5) is 10.1 Å². The van der Waals surface area contributed by atoms with Gasteiger partial charge in [-0.05, 0) is 30.5 Å². The van der Waals surface area contributed by atoms with Gasteiger partial charge in [0, 0.05) is 6.54 Å². The molecule has 1 amide bonds. The second-order valence-corrected chi connectivity index (χ2v) is 7.67. The molecule has 0 aliphatic heterocycles. The fourth-order valence-electron chi connectivity index (χ4n) is 2.32. The minimum Gasteiger partial charge on any atom is -0.323 e. The number of halogens is 1. The molecule has 1 N–H and O–H groups in total. The number of carbonyl (C=O) groups is 1. The molecule has 2 heterocycles. The van der Waals surface area contributed by atoms with E-state index in [1.807, 2.05) is 0 Å². The highest BCUT2D eigenvalue weighted by Crippen LogP contribution is 2.25. The second kappa shape index (κ2) is 7.84. The molecule has 8 heteroatoms. The van der Waals surface area contributed by atoms with Crippen LogP contribution in [-0.4, -0.2) is 20.7 Å². The molecule has 134 valence electrons. The lowest BCUT2D eigenvalue weighted by atomic mass is 10.3. The van der Waals surface area contributed by atoms with Crippen LogP contribution in [0.25, 0.3) is 10.2 Å². The molecule has 0 aliphatic rings. The number of thioether (sulfide) groups is 1. The van der Waals surface area contributed by atoms with E-state index in [0.717, 1.165) is 11.8 Å². The van der Waals surface area contributed by atoms with E-state index in [-0.39, 0.29) is 17.2 Å². The van der Waals surface area contributed by atoms with Crippen molar-refractivity contribution in [3.05, 3.63) is 64.5 Å².